The Labute approximate surface area is 112 Å². The average molecular weight is 271 g/mol. The molecular weight excluding hydrogens is 250 g/mol. The third kappa shape index (κ3) is 4.38. The lowest BCUT2D eigenvalue weighted by Crippen LogP contribution is -2.30. The van der Waals surface area contributed by atoms with Gasteiger partial charge in [-0.15, -0.1) is 0 Å². The van der Waals surface area contributed by atoms with Crippen LogP contribution in [0, 0.1) is 0 Å². The van der Waals surface area contributed by atoms with Gasteiger partial charge in [-0.05, 0) is 31.7 Å². The third-order valence-corrected chi connectivity index (χ3v) is 3.69. The number of methoxy groups -OCH3 is 1. The number of hydrogen-bond donors (Lipinski definition) is 1. The summed E-state index contributed by atoms with van der Waals surface area (Å²) >= 11 is 1.90. The Balaban J connectivity index is 2.53. The minimum atomic E-state index is -0.442. The number of thioether (sulfide) groups is 1. The van der Waals surface area contributed by atoms with Crippen LogP contribution in [-0.4, -0.2) is 30.6 Å². The molecule has 0 saturated carbocycles. The van der Waals surface area contributed by atoms with Crippen molar-refractivity contribution in [1.82, 2.24) is 5.32 Å². The maximum absolute atomic E-state index is 11.3. The summed E-state index contributed by atoms with van der Waals surface area (Å²) in [4.78, 5) is 11.3. The van der Waals surface area contributed by atoms with Gasteiger partial charge in [0.25, 0.3) is 0 Å². The lowest BCUT2D eigenvalue weighted by Gasteiger charge is -2.17. The summed E-state index contributed by atoms with van der Waals surface area (Å²) in [6, 6.07) is 3.93. The highest BCUT2D eigenvalue weighted by atomic mass is 32.2. The summed E-state index contributed by atoms with van der Waals surface area (Å²) in [7, 11) is 1.34. The van der Waals surface area contributed by atoms with Gasteiger partial charge in [-0.25, -0.2) is 4.79 Å². The fourth-order valence-electron chi connectivity index (χ4n) is 1.65. The number of carbonyl (C=O) groups is 1. The van der Waals surface area contributed by atoms with Crippen molar-refractivity contribution >= 4 is 17.7 Å². The van der Waals surface area contributed by atoms with Gasteiger partial charge in [0, 0.05) is 11.8 Å². The molecule has 0 fully saturated rings. The Morgan fingerprint density at radius 2 is 2.22 bits per heavy atom. The van der Waals surface area contributed by atoms with E-state index in [2.05, 4.69) is 23.9 Å². The fraction of sp³-hybridized carbons (Fsp3) is 0.615. The lowest BCUT2D eigenvalue weighted by molar-refractivity contribution is 0.0562. The average Bonchev–Trinajstić information content (AvgIpc) is 2.85. The van der Waals surface area contributed by atoms with Gasteiger partial charge in [-0.1, -0.05) is 6.92 Å². The maximum atomic E-state index is 11.3. The van der Waals surface area contributed by atoms with E-state index >= 15 is 0 Å². The van der Waals surface area contributed by atoms with Crippen LogP contribution in [0.1, 0.15) is 43.1 Å². The minimum Gasteiger partial charge on any atom is -0.463 e. The van der Waals surface area contributed by atoms with Crippen LogP contribution in [0.25, 0.3) is 0 Å². The zero-order valence-electron chi connectivity index (χ0n) is 11.4. The Bertz CT molecular complexity index is 378. The monoisotopic (exact) mass is 271 g/mol. The highest BCUT2D eigenvalue weighted by molar-refractivity contribution is 7.99. The van der Waals surface area contributed by atoms with Gasteiger partial charge in [0.2, 0.25) is 5.76 Å². The lowest BCUT2D eigenvalue weighted by atomic mass is 10.2. The predicted molar refractivity (Wildman–Crippen MR) is 74.1 cm³/mol. The number of hydrogen-bond acceptors (Lipinski definition) is 5. The summed E-state index contributed by atoms with van der Waals surface area (Å²) in [6.45, 7) is 6.31. The first-order valence-electron chi connectivity index (χ1n) is 6.10. The van der Waals surface area contributed by atoms with Crippen LogP contribution in [0.4, 0.5) is 0 Å². The molecule has 5 heteroatoms. The summed E-state index contributed by atoms with van der Waals surface area (Å²) in [6.07, 6.45) is 0. The summed E-state index contributed by atoms with van der Waals surface area (Å²) in [5.74, 6) is 2.74. The molecule has 0 amide bonds. The number of esters is 1. The zero-order valence-corrected chi connectivity index (χ0v) is 12.2. The summed E-state index contributed by atoms with van der Waals surface area (Å²) < 4.78 is 10.1. The van der Waals surface area contributed by atoms with Gasteiger partial charge in [0.05, 0.1) is 13.2 Å². The second kappa shape index (κ2) is 7.48. The number of carbonyl (C=O) groups excluding carboxylic acids is 1. The van der Waals surface area contributed by atoms with Crippen molar-refractivity contribution < 1.29 is 13.9 Å². The molecule has 0 spiro atoms. The van der Waals surface area contributed by atoms with E-state index in [0.29, 0.717) is 6.04 Å². The first kappa shape index (κ1) is 15.1. The third-order valence-electron chi connectivity index (χ3n) is 2.55. The second-order valence-electron chi connectivity index (χ2n) is 4.14. The van der Waals surface area contributed by atoms with Crippen LogP contribution in [0.2, 0.25) is 0 Å². The van der Waals surface area contributed by atoms with Crippen molar-refractivity contribution in [3.63, 3.8) is 0 Å². The van der Waals surface area contributed by atoms with E-state index in [9.17, 15) is 4.79 Å². The van der Waals surface area contributed by atoms with Gasteiger partial charge in [0.1, 0.15) is 5.76 Å². The topological polar surface area (TPSA) is 51.5 Å². The quantitative estimate of drug-likeness (QED) is 0.773. The first-order chi connectivity index (χ1) is 8.58. The molecule has 18 heavy (non-hydrogen) atoms. The largest absolute Gasteiger partial charge is 0.463 e. The van der Waals surface area contributed by atoms with Crippen molar-refractivity contribution in [3.8, 4) is 0 Å². The van der Waals surface area contributed by atoms with Crippen molar-refractivity contribution in [3.05, 3.63) is 23.7 Å². The molecule has 0 aliphatic rings. The Morgan fingerprint density at radius 3 is 2.83 bits per heavy atom. The van der Waals surface area contributed by atoms with Gasteiger partial charge in [-0.2, -0.15) is 11.8 Å². The molecular formula is C13H21NO3S. The normalized spacial score (nSPS) is 14.2. The molecule has 1 heterocycles. The number of nitrogens with one attached hydrogen (secondary N) is 1. The highest BCUT2D eigenvalue weighted by Crippen LogP contribution is 2.18. The van der Waals surface area contributed by atoms with Gasteiger partial charge < -0.3 is 14.5 Å². The molecule has 0 saturated heterocycles. The molecule has 0 aliphatic carbocycles. The fourth-order valence-corrected chi connectivity index (χ4v) is 2.33. The molecule has 0 aromatic carbocycles. The first-order valence-corrected chi connectivity index (χ1v) is 7.25. The minimum absolute atomic E-state index is 0.0795. The number of rotatable bonds is 7. The molecule has 2 unspecified atom stereocenters. The Morgan fingerprint density at radius 1 is 1.50 bits per heavy atom. The van der Waals surface area contributed by atoms with E-state index in [1.807, 2.05) is 24.8 Å². The van der Waals surface area contributed by atoms with E-state index in [0.717, 1.165) is 17.3 Å². The smallest absolute Gasteiger partial charge is 0.373 e. The van der Waals surface area contributed by atoms with Crippen LogP contribution in [0.3, 0.4) is 0 Å². The standard InChI is InChI=1S/C13H21NO3S/c1-5-18-8-9(2)14-10(3)11-6-7-12(17-11)13(15)16-4/h6-7,9-10,14H,5,8H2,1-4H3. The molecule has 4 nitrogen and oxygen atoms in total. The summed E-state index contributed by atoms with van der Waals surface area (Å²) in [5.41, 5.74) is 0. The maximum Gasteiger partial charge on any atom is 0.373 e. The SMILES string of the molecule is CCSCC(C)NC(C)c1ccc(C(=O)OC)o1. The molecule has 0 radical (unpaired) electrons. The molecule has 0 bridgehead atoms. The molecule has 2 atom stereocenters. The van der Waals surface area contributed by atoms with Crippen LogP contribution in [0.5, 0.6) is 0 Å². The van der Waals surface area contributed by atoms with E-state index in [4.69, 9.17) is 4.42 Å². The molecule has 1 aromatic rings. The number of ether oxygens (including phenoxy) is 1. The van der Waals surface area contributed by atoms with Crippen molar-refractivity contribution in [2.24, 2.45) is 0 Å². The van der Waals surface area contributed by atoms with Crippen molar-refractivity contribution in [2.45, 2.75) is 32.9 Å². The molecule has 1 N–H and O–H groups in total. The number of furan rings is 1. The molecule has 1 rings (SSSR count). The van der Waals surface area contributed by atoms with E-state index in [1.54, 1.807) is 6.07 Å². The molecule has 102 valence electrons. The molecule has 1 aromatic heterocycles. The van der Waals surface area contributed by atoms with Gasteiger partial charge in [-0.3, -0.25) is 0 Å². The predicted octanol–water partition coefficient (Wildman–Crippen LogP) is 2.86. The summed E-state index contributed by atoms with van der Waals surface area (Å²) in [5, 5.41) is 3.43. The molecule has 0 aliphatic heterocycles. The van der Waals surface area contributed by atoms with Crippen molar-refractivity contribution in [1.29, 1.82) is 0 Å². The van der Waals surface area contributed by atoms with Crippen LogP contribution >= 0.6 is 11.8 Å². The highest BCUT2D eigenvalue weighted by Gasteiger charge is 2.16. The van der Waals surface area contributed by atoms with Crippen molar-refractivity contribution in [2.75, 3.05) is 18.6 Å². The van der Waals surface area contributed by atoms with E-state index in [1.165, 1.54) is 7.11 Å². The van der Waals surface area contributed by atoms with Crippen LogP contribution in [0.15, 0.2) is 16.5 Å². The van der Waals surface area contributed by atoms with Crippen LogP contribution < -0.4 is 5.32 Å². The van der Waals surface area contributed by atoms with E-state index < -0.39 is 5.97 Å². The Kier molecular flexibility index (Phi) is 6.29. The Hall–Kier alpha value is -0.940. The van der Waals surface area contributed by atoms with Gasteiger partial charge >= 0.3 is 5.97 Å². The van der Waals surface area contributed by atoms with E-state index in [-0.39, 0.29) is 11.8 Å². The van der Waals surface area contributed by atoms with Gasteiger partial charge in [0.15, 0.2) is 0 Å². The zero-order chi connectivity index (χ0) is 13.5. The van der Waals surface area contributed by atoms with Crippen LogP contribution in [-0.2, 0) is 4.74 Å². The second-order valence-corrected chi connectivity index (χ2v) is 5.46.